The van der Waals surface area contributed by atoms with Gasteiger partial charge in [0.05, 0.1) is 13.5 Å². The van der Waals surface area contributed by atoms with Gasteiger partial charge in [0, 0.05) is 6.04 Å². The van der Waals surface area contributed by atoms with Crippen LogP contribution in [0.3, 0.4) is 0 Å². The standard InChI is InChI=1S/C10H18N2O5/c1-4-6(2)11-10(16)12-7(9(14)15)5-8(13)17-3/h6-7H,4-5H2,1-3H3,(H,14,15)(H2,11,12,16)/t6?,7-/m0/s1. The molecule has 0 saturated carbocycles. The monoisotopic (exact) mass is 246 g/mol. The second kappa shape index (κ2) is 7.48. The summed E-state index contributed by atoms with van der Waals surface area (Å²) in [7, 11) is 1.15. The molecule has 0 saturated heterocycles. The maximum absolute atomic E-state index is 11.4. The van der Waals surface area contributed by atoms with Crippen molar-refractivity contribution in [3.8, 4) is 0 Å². The SMILES string of the molecule is CCC(C)NC(=O)N[C@@H](CC(=O)OC)C(=O)O. The topological polar surface area (TPSA) is 105 Å². The number of aliphatic carboxylic acids is 1. The third-order valence-electron chi connectivity index (χ3n) is 2.19. The number of urea groups is 1. The molecule has 0 aromatic heterocycles. The van der Waals surface area contributed by atoms with Crippen molar-refractivity contribution < 1.29 is 24.2 Å². The summed E-state index contributed by atoms with van der Waals surface area (Å²) in [6.45, 7) is 3.67. The Bertz CT molecular complexity index is 292. The van der Waals surface area contributed by atoms with Crippen LogP contribution in [-0.2, 0) is 14.3 Å². The Labute approximate surface area is 99.5 Å². The Morgan fingerprint density at radius 2 is 1.88 bits per heavy atom. The number of hydrogen-bond acceptors (Lipinski definition) is 4. The summed E-state index contributed by atoms with van der Waals surface area (Å²) >= 11 is 0. The second-order valence-corrected chi connectivity index (χ2v) is 3.60. The van der Waals surface area contributed by atoms with Gasteiger partial charge in [-0.25, -0.2) is 9.59 Å². The minimum atomic E-state index is -1.29. The normalized spacial score (nSPS) is 13.4. The van der Waals surface area contributed by atoms with E-state index in [0.717, 1.165) is 13.5 Å². The van der Waals surface area contributed by atoms with Gasteiger partial charge in [-0.2, -0.15) is 0 Å². The Balaban J connectivity index is 4.30. The minimum Gasteiger partial charge on any atom is -0.480 e. The molecule has 3 N–H and O–H groups in total. The van der Waals surface area contributed by atoms with E-state index in [2.05, 4.69) is 15.4 Å². The van der Waals surface area contributed by atoms with Gasteiger partial charge in [0.25, 0.3) is 0 Å². The van der Waals surface area contributed by atoms with Crippen LogP contribution >= 0.6 is 0 Å². The number of carbonyl (C=O) groups is 3. The third kappa shape index (κ3) is 6.39. The lowest BCUT2D eigenvalue weighted by Gasteiger charge is -2.16. The highest BCUT2D eigenvalue weighted by atomic mass is 16.5. The molecular formula is C10H18N2O5. The van der Waals surface area contributed by atoms with E-state index in [1.165, 1.54) is 0 Å². The number of ether oxygens (including phenoxy) is 1. The lowest BCUT2D eigenvalue weighted by Crippen LogP contribution is -2.49. The van der Waals surface area contributed by atoms with Gasteiger partial charge in [0.2, 0.25) is 0 Å². The molecule has 7 nitrogen and oxygen atoms in total. The zero-order valence-electron chi connectivity index (χ0n) is 10.1. The van der Waals surface area contributed by atoms with E-state index in [1.54, 1.807) is 6.92 Å². The second-order valence-electron chi connectivity index (χ2n) is 3.60. The number of carbonyl (C=O) groups excluding carboxylic acids is 2. The molecule has 0 heterocycles. The van der Waals surface area contributed by atoms with E-state index in [-0.39, 0.29) is 6.04 Å². The lowest BCUT2D eigenvalue weighted by atomic mass is 10.2. The summed E-state index contributed by atoms with van der Waals surface area (Å²) in [6, 6.07) is -1.97. The summed E-state index contributed by atoms with van der Waals surface area (Å²) in [6.07, 6.45) is 0.321. The molecule has 0 aliphatic heterocycles. The van der Waals surface area contributed by atoms with Gasteiger partial charge in [0.1, 0.15) is 6.04 Å². The number of nitrogens with one attached hydrogen (secondary N) is 2. The first-order chi connectivity index (χ1) is 7.90. The lowest BCUT2D eigenvalue weighted by molar-refractivity contribution is -0.147. The fourth-order valence-corrected chi connectivity index (χ4v) is 0.976. The van der Waals surface area contributed by atoms with Gasteiger partial charge in [-0.05, 0) is 13.3 Å². The smallest absolute Gasteiger partial charge is 0.326 e. The fourth-order valence-electron chi connectivity index (χ4n) is 0.976. The molecule has 17 heavy (non-hydrogen) atoms. The van der Waals surface area contributed by atoms with Gasteiger partial charge in [-0.15, -0.1) is 0 Å². The summed E-state index contributed by atoms with van der Waals surface area (Å²) in [5, 5.41) is 13.5. The summed E-state index contributed by atoms with van der Waals surface area (Å²) in [4.78, 5) is 33.1. The Morgan fingerprint density at radius 3 is 2.29 bits per heavy atom. The van der Waals surface area contributed by atoms with Crippen molar-refractivity contribution in [3.63, 3.8) is 0 Å². The molecule has 0 aliphatic rings. The number of rotatable bonds is 6. The number of amides is 2. The van der Waals surface area contributed by atoms with Crippen LogP contribution in [0.4, 0.5) is 4.79 Å². The highest BCUT2D eigenvalue weighted by Crippen LogP contribution is 1.96. The van der Waals surface area contributed by atoms with E-state index in [9.17, 15) is 14.4 Å². The number of hydrogen-bond donors (Lipinski definition) is 3. The molecule has 2 atom stereocenters. The number of methoxy groups -OCH3 is 1. The molecule has 1 unspecified atom stereocenters. The first-order valence-electron chi connectivity index (χ1n) is 5.27. The Hall–Kier alpha value is -1.79. The van der Waals surface area contributed by atoms with Crippen molar-refractivity contribution >= 4 is 18.0 Å². The molecule has 0 rings (SSSR count). The Morgan fingerprint density at radius 1 is 1.29 bits per heavy atom. The minimum absolute atomic E-state index is 0.0671. The van der Waals surface area contributed by atoms with Gasteiger partial charge in [-0.3, -0.25) is 4.79 Å². The summed E-state index contributed by atoms with van der Waals surface area (Å²) < 4.78 is 4.34. The molecule has 0 spiro atoms. The average molecular weight is 246 g/mol. The molecule has 0 radical (unpaired) electrons. The first kappa shape index (κ1) is 15.2. The van der Waals surface area contributed by atoms with Crippen LogP contribution in [0.1, 0.15) is 26.7 Å². The average Bonchev–Trinajstić information content (AvgIpc) is 2.27. The highest BCUT2D eigenvalue weighted by molar-refractivity contribution is 5.86. The quantitative estimate of drug-likeness (QED) is 0.576. The van der Waals surface area contributed by atoms with Crippen molar-refractivity contribution in [3.05, 3.63) is 0 Å². The van der Waals surface area contributed by atoms with Crippen LogP contribution < -0.4 is 10.6 Å². The van der Waals surface area contributed by atoms with Crippen LogP contribution in [0.5, 0.6) is 0 Å². The molecule has 0 aromatic rings. The fraction of sp³-hybridized carbons (Fsp3) is 0.700. The van der Waals surface area contributed by atoms with Crippen molar-refractivity contribution in [1.29, 1.82) is 0 Å². The van der Waals surface area contributed by atoms with Gasteiger partial charge >= 0.3 is 18.0 Å². The largest absolute Gasteiger partial charge is 0.480 e. The molecular weight excluding hydrogens is 228 g/mol. The highest BCUT2D eigenvalue weighted by Gasteiger charge is 2.23. The number of carboxylic acid groups (broad SMARTS) is 1. The Kier molecular flexibility index (Phi) is 6.69. The number of esters is 1. The third-order valence-corrected chi connectivity index (χ3v) is 2.19. The van der Waals surface area contributed by atoms with Crippen molar-refractivity contribution in [2.45, 2.75) is 38.8 Å². The van der Waals surface area contributed by atoms with Crippen LogP contribution in [0.15, 0.2) is 0 Å². The molecule has 0 aromatic carbocycles. The molecule has 2 amide bonds. The van der Waals surface area contributed by atoms with Crippen molar-refractivity contribution in [1.82, 2.24) is 10.6 Å². The maximum atomic E-state index is 11.4. The number of carboxylic acids is 1. The van der Waals surface area contributed by atoms with Gasteiger partial charge < -0.3 is 20.5 Å². The molecule has 0 aliphatic carbocycles. The van der Waals surface area contributed by atoms with E-state index in [4.69, 9.17) is 5.11 Å². The van der Waals surface area contributed by atoms with Crippen molar-refractivity contribution in [2.24, 2.45) is 0 Å². The van der Waals surface area contributed by atoms with E-state index >= 15 is 0 Å². The predicted molar refractivity (Wildman–Crippen MR) is 59.5 cm³/mol. The van der Waals surface area contributed by atoms with Gasteiger partial charge in [-0.1, -0.05) is 6.92 Å². The molecule has 0 fully saturated rings. The first-order valence-corrected chi connectivity index (χ1v) is 5.27. The van der Waals surface area contributed by atoms with Crippen LogP contribution in [0, 0.1) is 0 Å². The summed E-state index contributed by atoms with van der Waals surface area (Å²) in [5.74, 6) is -1.98. The predicted octanol–water partition coefficient (Wildman–Crippen LogP) is 0.100. The van der Waals surface area contributed by atoms with E-state index in [1.807, 2.05) is 6.92 Å². The molecule has 0 bridgehead atoms. The van der Waals surface area contributed by atoms with Crippen LogP contribution in [0.25, 0.3) is 0 Å². The molecule has 7 heteroatoms. The maximum Gasteiger partial charge on any atom is 0.326 e. The van der Waals surface area contributed by atoms with Crippen LogP contribution in [0.2, 0.25) is 0 Å². The van der Waals surface area contributed by atoms with Crippen LogP contribution in [-0.4, -0.2) is 42.3 Å². The summed E-state index contributed by atoms with van der Waals surface area (Å²) in [5.41, 5.74) is 0. The van der Waals surface area contributed by atoms with Gasteiger partial charge in [0.15, 0.2) is 0 Å². The van der Waals surface area contributed by atoms with Crippen molar-refractivity contribution in [2.75, 3.05) is 7.11 Å². The van der Waals surface area contributed by atoms with E-state index in [0.29, 0.717) is 0 Å². The zero-order chi connectivity index (χ0) is 13.4. The zero-order valence-corrected chi connectivity index (χ0v) is 10.1. The van der Waals surface area contributed by atoms with E-state index < -0.39 is 30.4 Å². The molecule has 98 valence electrons.